The number of rotatable bonds is 5. The monoisotopic (exact) mass is 472 g/mol. The molecule has 0 saturated heterocycles. The molecule has 6 heteroatoms. The molecule has 0 spiro atoms. The first-order valence-corrected chi connectivity index (χ1v) is 12.7. The molecular weight excluding hydrogens is 439 g/mol. The van der Waals surface area contributed by atoms with Crippen LogP contribution < -0.4 is 5.73 Å². The maximum absolute atomic E-state index is 14.4. The Labute approximate surface area is 205 Å². The molecule has 2 aliphatic carbocycles. The highest BCUT2D eigenvalue weighted by molar-refractivity contribution is 5.95. The molecule has 182 valence electrons. The van der Waals surface area contributed by atoms with Gasteiger partial charge in [0.15, 0.2) is 0 Å². The summed E-state index contributed by atoms with van der Waals surface area (Å²) in [6.07, 6.45) is 9.34. The number of pyridine rings is 1. The summed E-state index contributed by atoms with van der Waals surface area (Å²) in [6, 6.07) is 10.9. The van der Waals surface area contributed by atoms with Crippen molar-refractivity contribution in [3.05, 3.63) is 59.7 Å². The van der Waals surface area contributed by atoms with Crippen molar-refractivity contribution in [2.24, 2.45) is 11.7 Å². The van der Waals surface area contributed by atoms with Crippen molar-refractivity contribution in [1.29, 1.82) is 0 Å². The third kappa shape index (κ3) is 4.08. The van der Waals surface area contributed by atoms with Gasteiger partial charge in [0.1, 0.15) is 11.4 Å². The Morgan fingerprint density at radius 1 is 1.09 bits per heavy atom. The maximum Gasteiger partial charge on any atom is 0.141 e. The van der Waals surface area contributed by atoms with Gasteiger partial charge in [0, 0.05) is 41.2 Å². The van der Waals surface area contributed by atoms with Crippen LogP contribution in [-0.4, -0.2) is 20.4 Å². The van der Waals surface area contributed by atoms with Crippen LogP contribution >= 0.6 is 0 Å². The smallest absolute Gasteiger partial charge is 0.141 e. The lowest BCUT2D eigenvalue weighted by Gasteiger charge is -2.31. The Balaban J connectivity index is 1.42. The first-order chi connectivity index (χ1) is 16.7. The zero-order chi connectivity index (χ0) is 24.4. The van der Waals surface area contributed by atoms with Crippen LogP contribution in [0.2, 0.25) is 0 Å². The lowest BCUT2D eigenvalue weighted by atomic mass is 9.81. The van der Waals surface area contributed by atoms with E-state index in [2.05, 4.69) is 46.3 Å². The average molecular weight is 473 g/mol. The predicted molar refractivity (Wildman–Crippen MR) is 137 cm³/mol. The summed E-state index contributed by atoms with van der Waals surface area (Å²) >= 11 is 0. The lowest BCUT2D eigenvalue weighted by molar-refractivity contribution is 0.0985. The van der Waals surface area contributed by atoms with E-state index < -0.39 is 5.67 Å². The van der Waals surface area contributed by atoms with Crippen molar-refractivity contribution >= 4 is 11.0 Å². The van der Waals surface area contributed by atoms with Crippen molar-refractivity contribution in [3.63, 3.8) is 0 Å². The molecule has 2 aliphatic rings. The summed E-state index contributed by atoms with van der Waals surface area (Å²) in [4.78, 5) is 4.94. The molecule has 3 aromatic heterocycles. The highest BCUT2D eigenvalue weighted by Gasteiger charge is 2.39. The number of hydrogen-bond donors (Lipinski definition) is 1. The zero-order valence-corrected chi connectivity index (χ0v) is 20.8. The number of alkyl halides is 1. The van der Waals surface area contributed by atoms with Crippen molar-refractivity contribution in [1.82, 2.24) is 14.7 Å². The van der Waals surface area contributed by atoms with Gasteiger partial charge >= 0.3 is 0 Å². The first-order valence-electron chi connectivity index (χ1n) is 12.7. The number of fused-ring (bicyclic) bond motifs is 1. The average Bonchev–Trinajstić information content (AvgIpc) is 3.37. The molecule has 2 fully saturated rings. The van der Waals surface area contributed by atoms with Gasteiger partial charge < -0.3 is 14.8 Å². The minimum absolute atomic E-state index is 0.139. The fraction of sp³-hybridized carbons (Fsp3) is 0.448. The number of nitrogens with zero attached hydrogens (tertiary/aromatic N) is 3. The molecular formula is C29H33FN4O. The van der Waals surface area contributed by atoms with Crippen LogP contribution in [0.3, 0.4) is 0 Å². The van der Waals surface area contributed by atoms with Crippen molar-refractivity contribution in [2.75, 3.05) is 0 Å². The fourth-order valence-electron chi connectivity index (χ4n) is 5.71. The van der Waals surface area contributed by atoms with Gasteiger partial charge in [-0.2, -0.15) is 0 Å². The van der Waals surface area contributed by atoms with E-state index in [9.17, 15) is 4.39 Å². The highest BCUT2D eigenvalue weighted by atomic mass is 19.1. The number of aryl methyl sites for hydroxylation is 2. The van der Waals surface area contributed by atoms with E-state index in [4.69, 9.17) is 15.2 Å². The number of nitrogens with two attached hydrogens (primary N) is 1. The molecule has 0 amide bonds. The quantitative estimate of drug-likeness (QED) is 0.345. The summed E-state index contributed by atoms with van der Waals surface area (Å²) < 4.78 is 22.2. The standard InChI is InChI=1S/C29H33FN4O/c1-18-26(19(2)35-33-18)22-14-25-27(32-15-22)24(21-4-6-23(7-5-21)29(31)12-13-29)17-34(25)16-20-8-10-28(3,30)11-9-20/h4-7,14-15,17,20H,8-13,16,31H2,1-3H3. The van der Waals surface area contributed by atoms with E-state index in [1.807, 2.05) is 20.0 Å². The van der Waals surface area contributed by atoms with E-state index in [1.54, 1.807) is 6.92 Å². The third-order valence-electron chi connectivity index (χ3n) is 8.20. The SMILES string of the molecule is Cc1noc(C)c1-c1cnc2c(-c3ccc(C4(N)CC4)cc3)cn(CC3CCC(C)(F)CC3)c2c1. The van der Waals surface area contributed by atoms with Crippen LogP contribution in [0.15, 0.2) is 47.2 Å². The second kappa shape index (κ2) is 8.02. The van der Waals surface area contributed by atoms with Gasteiger partial charge in [-0.05, 0) is 82.4 Å². The number of hydrogen-bond acceptors (Lipinski definition) is 4. The number of halogens is 1. The molecule has 1 aromatic carbocycles. The Morgan fingerprint density at radius 2 is 1.80 bits per heavy atom. The lowest BCUT2D eigenvalue weighted by Crippen LogP contribution is -2.27. The second-order valence-electron chi connectivity index (χ2n) is 11.1. The van der Waals surface area contributed by atoms with Gasteiger partial charge in [-0.15, -0.1) is 0 Å². The van der Waals surface area contributed by atoms with Crippen LogP contribution in [0.4, 0.5) is 4.39 Å². The van der Waals surface area contributed by atoms with Crippen LogP contribution in [-0.2, 0) is 12.1 Å². The summed E-state index contributed by atoms with van der Waals surface area (Å²) in [5.41, 5.74) is 13.6. The number of benzene rings is 1. The Bertz CT molecular complexity index is 1360. The first kappa shape index (κ1) is 22.5. The summed E-state index contributed by atoms with van der Waals surface area (Å²) in [5.74, 6) is 1.25. The van der Waals surface area contributed by atoms with Crippen LogP contribution in [0.1, 0.15) is 62.5 Å². The summed E-state index contributed by atoms with van der Waals surface area (Å²) in [5, 5.41) is 4.13. The van der Waals surface area contributed by atoms with E-state index in [1.165, 1.54) is 5.56 Å². The van der Waals surface area contributed by atoms with Crippen molar-refractivity contribution in [2.45, 2.75) is 77.0 Å². The largest absolute Gasteiger partial charge is 0.361 e. The normalized spacial score (nSPS) is 23.6. The molecule has 0 radical (unpaired) electrons. The summed E-state index contributed by atoms with van der Waals surface area (Å²) in [7, 11) is 0. The molecule has 4 aromatic rings. The van der Waals surface area contributed by atoms with E-state index in [0.717, 1.165) is 77.0 Å². The predicted octanol–water partition coefficient (Wildman–Crippen LogP) is 6.84. The van der Waals surface area contributed by atoms with E-state index in [-0.39, 0.29) is 5.54 Å². The van der Waals surface area contributed by atoms with E-state index >= 15 is 0 Å². The highest BCUT2D eigenvalue weighted by Crippen LogP contribution is 2.43. The fourth-order valence-corrected chi connectivity index (χ4v) is 5.71. The minimum atomic E-state index is -1.03. The topological polar surface area (TPSA) is 69.9 Å². The van der Waals surface area contributed by atoms with E-state index in [0.29, 0.717) is 18.8 Å². The van der Waals surface area contributed by atoms with Gasteiger partial charge in [-0.1, -0.05) is 29.4 Å². The second-order valence-corrected chi connectivity index (χ2v) is 11.1. The maximum atomic E-state index is 14.4. The van der Waals surface area contributed by atoms with Crippen LogP contribution in [0.5, 0.6) is 0 Å². The molecule has 0 bridgehead atoms. The Morgan fingerprint density at radius 3 is 2.43 bits per heavy atom. The van der Waals surface area contributed by atoms with Gasteiger partial charge in [-0.3, -0.25) is 4.98 Å². The molecule has 3 heterocycles. The summed E-state index contributed by atoms with van der Waals surface area (Å²) in [6.45, 7) is 6.50. The molecule has 2 N–H and O–H groups in total. The van der Waals surface area contributed by atoms with Gasteiger partial charge in [-0.25, -0.2) is 4.39 Å². The van der Waals surface area contributed by atoms with Crippen LogP contribution in [0.25, 0.3) is 33.3 Å². The molecule has 6 rings (SSSR count). The molecule has 2 saturated carbocycles. The molecule has 5 nitrogen and oxygen atoms in total. The minimum Gasteiger partial charge on any atom is -0.361 e. The molecule has 0 aliphatic heterocycles. The molecule has 0 atom stereocenters. The Kier molecular flexibility index (Phi) is 5.15. The van der Waals surface area contributed by atoms with Crippen molar-refractivity contribution in [3.8, 4) is 22.3 Å². The van der Waals surface area contributed by atoms with Crippen LogP contribution in [0, 0.1) is 19.8 Å². The Hall–Kier alpha value is -2.99. The molecule has 0 unspecified atom stereocenters. The van der Waals surface area contributed by atoms with Gasteiger partial charge in [0.2, 0.25) is 0 Å². The third-order valence-corrected chi connectivity index (χ3v) is 8.20. The van der Waals surface area contributed by atoms with Gasteiger partial charge in [0.25, 0.3) is 0 Å². The zero-order valence-electron chi connectivity index (χ0n) is 20.8. The van der Waals surface area contributed by atoms with Crippen molar-refractivity contribution < 1.29 is 8.91 Å². The van der Waals surface area contributed by atoms with Gasteiger partial charge in [0.05, 0.1) is 16.7 Å². The molecule has 35 heavy (non-hydrogen) atoms. The number of aromatic nitrogens is 3.